The lowest BCUT2D eigenvalue weighted by molar-refractivity contribution is 0.272. The van der Waals surface area contributed by atoms with Gasteiger partial charge in [0, 0.05) is 0 Å². The summed E-state index contributed by atoms with van der Waals surface area (Å²) in [5, 5.41) is 8.46. The summed E-state index contributed by atoms with van der Waals surface area (Å²) in [7, 11) is 0. The van der Waals surface area contributed by atoms with Gasteiger partial charge in [-0.3, -0.25) is 4.68 Å². The van der Waals surface area contributed by atoms with Gasteiger partial charge < -0.3 is 5.48 Å². The number of alkyl halides is 1. The average molecular weight is 351 g/mol. The first-order chi connectivity index (χ1) is 11.1. The molecule has 9 heteroatoms. The molecule has 2 aromatic heterocycles. The SMILES string of the molecule is Fc1ccc(C(Cl)(Cn2cncn2)C2(n3cncn3)CC2)cc1.O. The van der Waals surface area contributed by atoms with Crippen LogP contribution in [0.4, 0.5) is 4.39 Å². The Morgan fingerprint density at radius 2 is 1.75 bits per heavy atom. The second-order valence-electron chi connectivity index (χ2n) is 5.77. The minimum atomic E-state index is -0.831. The van der Waals surface area contributed by atoms with Crippen LogP contribution < -0.4 is 0 Å². The zero-order chi connectivity index (χ0) is 15.9. The van der Waals surface area contributed by atoms with Crippen molar-refractivity contribution in [2.24, 2.45) is 0 Å². The fraction of sp³-hybridized carbons (Fsp3) is 0.333. The second-order valence-corrected chi connectivity index (χ2v) is 6.42. The molecule has 7 nitrogen and oxygen atoms in total. The Morgan fingerprint density at radius 3 is 2.29 bits per heavy atom. The quantitative estimate of drug-likeness (QED) is 0.652. The molecular formula is C15H16ClFN6O. The number of hydrogen-bond donors (Lipinski definition) is 0. The molecule has 0 bridgehead atoms. The fourth-order valence-electron chi connectivity index (χ4n) is 3.11. The van der Waals surface area contributed by atoms with Crippen LogP contribution in [0.2, 0.25) is 0 Å². The van der Waals surface area contributed by atoms with Crippen molar-refractivity contribution in [3.05, 3.63) is 61.0 Å². The molecule has 0 radical (unpaired) electrons. The van der Waals surface area contributed by atoms with Crippen molar-refractivity contribution in [3.63, 3.8) is 0 Å². The monoisotopic (exact) mass is 350 g/mol. The van der Waals surface area contributed by atoms with E-state index in [2.05, 4.69) is 20.2 Å². The van der Waals surface area contributed by atoms with E-state index in [0.29, 0.717) is 6.54 Å². The number of aromatic nitrogens is 6. The predicted octanol–water partition coefficient (Wildman–Crippen LogP) is 1.51. The Kier molecular flexibility index (Phi) is 4.10. The largest absolute Gasteiger partial charge is 0.412 e. The van der Waals surface area contributed by atoms with E-state index >= 15 is 0 Å². The van der Waals surface area contributed by atoms with E-state index in [0.717, 1.165) is 18.4 Å². The van der Waals surface area contributed by atoms with Gasteiger partial charge in [0.2, 0.25) is 0 Å². The van der Waals surface area contributed by atoms with Crippen molar-refractivity contribution in [2.45, 2.75) is 29.8 Å². The van der Waals surface area contributed by atoms with Crippen molar-refractivity contribution in [1.29, 1.82) is 0 Å². The van der Waals surface area contributed by atoms with Gasteiger partial charge in [0.15, 0.2) is 0 Å². The molecule has 0 spiro atoms. The average Bonchev–Trinajstić information content (AvgIpc) is 2.98. The van der Waals surface area contributed by atoms with Gasteiger partial charge >= 0.3 is 0 Å². The van der Waals surface area contributed by atoms with Gasteiger partial charge in [-0.2, -0.15) is 10.2 Å². The number of benzene rings is 1. The Balaban J connectivity index is 0.00000169. The van der Waals surface area contributed by atoms with E-state index in [9.17, 15) is 4.39 Å². The Morgan fingerprint density at radius 1 is 1.08 bits per heavy atom. The van der Waals surface area contributed by atoms with Gasteiger partial charge in [-0.05, 0) is 30.5 Å². The number of halogens is 2. The lowest BCUT2D eigenvalue weighted by Gasteiger charge is -2.36. The van der Waals surface area contributed by atoms with Crippen LogP contribution in [-0.4, -0.2) is 35.0 Å². The molecule has 2 N–H and O–H groups in total. The van der Waals surface area contributed by atoms with Gasteiger partial charge in [0.1, 0.15) is 36.0 Å². The maximum absolute atomic E-state index is 13.3. The molecule has 24 heavy (non-hydrogen) atoms. The molecule has 4 rings (SSSR count). The van der Waals surface area contributed by atoms with Crippen LogP contribution in [0, 0.1) is 5.82 Å². The lowest BCUT2D eigenvalue weighted by atomic mass is 9.88. The molecule has 1 fully saturated rings. The Hall–Kier alpha value is -2.32. The molecule has 126 valence electrons. The summed E-state index contributed by atoms with van der Waals surface area (Å²) in [6, 6.07) is 6.28. The van der Waals surface area contributed by atoms with E-state index in [1.54, 1.807) is 34.2 Å². The molecule has 1 unspecified atom stereocenters. The summed E-state index contributed by atoms with van der Waals surface area (Å²) < 4.78 is 16.8. The Labute approximate surface area is 142 Å². The fourth-order valence-corrected chi connectivity index (χ4v) is 3.64. The molecule has 3 aromatic rings. The first-order valence-corrected chi connectivity index (χ1v) is 7.64. The standard InChI is InChI=1S/C15H14ClFN6.H2O/c16-15(7-22-10-18-8-20-22,12-1-3-13(17)4-2-12)14(5-6-14)23-11-19-9-21-23;/h1-4,8-11H,5-7H2;1H2. The first kappa shape index (κ1) is 16.5. The van der Waals surface area contributed by atoms with Crippen LogP contribution in [0.15, 0.2) is 49.6 Å². The molecule has 2 heterocycles. The van der Waals surface area contributed by atoms with E-state index in [1.807, 2.05) is 0 Å². The van der Waals surface area contributed by atoms with E-state index in [4.69, 9.17) is 11.6 Å². The summed E-state index contributed by atoms with van der Waals surface area (Å²) in [4.78, 5) is 7.19. The van der Waals surface area contributed by atoms with Crippen molar-refractivity contribution in [2.75, 3.05) is 0 Å². The minimum absolute atomic E-state index is 0. The normalized spacial score (nSPS) is 17.8. The van der Waals surface area contributed by atoms with E-state index in [1.165, 1.54) is 24.8 Å². The van der Waals surface area contributed by atoms with Gasteiger partial charge in [-0.15, -0.1) is 11.6 Å². The van der Waals surface area contributed by atoms with Crippen LogP contribution >= 0.6 is 11.6 Å². The third-order valence-electron chi connectivity index (χ3n) is 4.47. The van der Waals surface area contributed by atoms with Crippen LogP contribution in [0.5, 0.6) is 0 Å². The van der Waals surface area contributed by atoms with Gasteiger partial charge in [0.05, 0.1) is 12.1 Å². The maximum atomic E-state index is 13.3. The molecule has 1 aromatic carbocycles. The third-order valence-corrected chi connectivity index (χ3v) is 5.16. The van der Waals surface area contributed by atoms with Crippen molar-refractivity contribution < 1.29 is 9.87 Å². The van der Waals surface area contributed by atoms with Crippen LogP contribution in [0.25, 0.3) is 0 Å². The second kappa shape index (κ2) is 5.95. The van der Waals surface area contributed by atoms with Crippen LogP contribution in [-0.2, 0) is 17.0 Å². The molecule has 1 atom stereocenters. The summed E-state index contributed by atoms with van der Waals surface area (Å²) >= 11 is 7.15. The van der Waals surface area contributed by atoms with Gasteiger partial charge in [0.25, 0.3) is 0 Å². The maximum Gasteiger partial charge on any atom is 0.137 e. The summed E-state index contributed by atoms with van der Waals surface area (Å²) in [5.41, 5.74) is 0.415. The zero-order valence-electron chi connectivity index (χ0n) is 12.7. The first-order valence-electron chi connectivity index (χ1n) is 7.27. The molecule has 0 saturated heterocycles. The van der Waals surface area contributed by atoms with E-state index < -0.39 is 10.4 Å². The third kappa shape index (κ3) is 2.47. The highest BCUT2D eigenvalue weighted by Gasteiger charge is 2.62. The summed E-state index contributed by atoms with van der Waals surface area (Å²) in [6.07, 6.45) is 8.00. The zero-order valence-corrected chi connectivity index (χ0v) is 13.4. The highest BCUT2D eigenvalue weighted by Crippen LogP contribution is 2.60. The van der Waals surface area contributed by atoms with Gasteiger partial charge in [-0.1, -0.05) is 12.1 Å². The number of hydrogen-bond acceptors (Lipinski definition) is 4. The molecule has 0 aliphatic heterocycles. The van der Waals surface area contributed by atoms with Crippen molar-refractivity contribution >= 4 is 11.6 Å². The van der Waals surface area contributed by atoms with E-state index in [-0.39, 0.29) is 11.3 Å². The number of rotatable bonds is 5. The van der Waals surface area contributed by atoms with Crippen LogP contribution in [0.1, 0.15) is 18.4 Å². The molecule has 1 aliphatic rings. The van der Waals surface area contributed by atoms with Gasteiger partial charge in [-0.25, -0.2) is 19.0 Å². The van der Waals surface area contributed by atoms with Crippen LogP contribution in [0.3, 0.4) is 0 Å². The molecule has 1 saturated carbocycles. The van der Waals surface area contributed by atoms with Crippen molar-refractivity contribution in [1.82, 2.24) is 29.5 Å². The summed E-state index contributed by atoms with van der Waals surface area (Å²) in [6.45, 7) is 0.403. The Bertz CT molecular complexity index is 788. The molecule has 1 aliphatic carbocycles. The highest BCUT2D eigenvalue weighted by atomic mass is 35.5. The number of nitrogens with zero attached hydrogens (tertiary/aromatic N) is 6. The summed E-state index contributed by atoms with van der Waals surface area (Å²) in [5.74, 6) is -0.292. The highest BCUT2D eigenvalue weighted by molar-refractivity contribution is 6.25. The predicted molar refractivity (Wildman–Crippen MR) is 84.8 cm³/mol. The smallest absolute Gasteiger partial charge is 0.137 e. The lowest BCUT2D eigenvalue weighted by Crippen LogP contribution is -2.43. The molecular weight excluding hydrogens is 335 g/mol. The van der Waals surface area contributed by atoms with Crippen molar-refractivity contribution in [3.8, 4) is 0 Å². The minimum Gasteiger partial charge on any atom is -0.412 e. The topological polar surface area (TPSA) is 92.9 Å². The molecule has 0 amide bonds.